The zero-order chi connectivity index (χ0) is 21.1. The van der Waals surface area contributed by atoms with Crippen LogP contribution in [0.1, 0.15) is 21.6 Å². The summed E-state index contributed by atoms with van der Waals surface area (Å²) in [4.78, 5) is 16.6. The molecular weight excluding hydrogens is 388 g/mol. The Labute approximate surface area is 171 Å². The zero-order valence-electron chi connectivity index (χ0n) is 16.2. The summed E-state index contributed by atoms with van der Waals surface area (Å²) in [6.45, 7) is 0.755. The topological polar surface area (TPSA) is 56.2 Å². The van der Waals surface area contributed by atoms with E-state index in [1.807, 2.05) is 41.2 Å². The van der Waals surface area contributed by atoms with E-state index in [1.165, 1.54) is 6.07 Å². The molecule has 2 heterocycles. The van der Waals surface area contributed by atoms with Crippen LogP contribution in [-0.4, -0.2) is 22.6 Å². The van der Waals surface area contributed by atoms with Crippen molar-refractivity contribution in [3.8, 4) is 5.75 Å². The quantitative estimate of drug-likeness (QED) is 0.519. The first-order valence-electron chi connectivity index (χ1n) is 9.32. The largest absolute Gasteiger partial charge is 0.497 e. The summed E-state index contributed by atoms with van der Waals surface area (Å²) >= 11 is 0. The molecule has 4 rings (SSSR count). The lowest BCUT2D eigenvalue weighted by Crippen LogP contribution is -2.23. The van der Waals surface area contributed by atoms with Gasteiger partial charge in [0.1, 0.15) is 11.4 Å². The smallest absolute Gasteiger partial charge is 0.270 e. The predicted molar refractivity (Wildman–Crippen MR) is 109 cm³/mol. The number of hydrogen-bond acceptors (Lipinski definition) is 3. The highest BCUT2D eigenvalue weighted by atomic mass is 19.2. The molecule has 30 heavy (non-hydrogen) atoms. The Kier molecular flexibility index (Phi) is 5.43. The standard InChI is InChI=1S/C23H19F2N3O2/c1-30-19-5-2-15(3-6-19)12-28-13-17-9-22(26-11-18(17)14-28)23(29)27-10-16-4-7-20(24)21(25)8-16/h2-9,11,13-14H,10,12H2,1H3,(H,27,29). The first kappa shape index (κ1) is 19.6. The number of aromatic nitrogens is 2. The number of carbonyl (C=O) groups is 1. The molecule has 1 amide bonds. The van der Waals surface area contributed by atoms with Gasteiger partial charge >= 0.3 is 0 Å². The van der Waals surface area contributed by atoms with Gasteiger partial charge in [0.2, 0.25) is 0 Å². The fourth-order valence-corrected chi connectivity index (χ4v) is 3.18. The molecule has 152 valence electrons. The average molecular weight is 407 g/mol. The summed E-state index contributed by atoms with van der Waals surface area (Å²) in [5.74, 6) is -1.44. The maximum absolute atomic E-state index is 13.3. The van der Waals surface area contributed by atoms with E-state index < -0.39 is 11.6 Å². The molecule has 1 N–H and O–H groups in total. The van der Waals surface area contributed by atoms with Crippen LogP contribution < -0.4 is 10.1 Å². The molecule has 0 aliphatic rings. The number of nitrogens with one attached hydrogen (secondary N) is 1. The second kappa shape index (κ2) is 8.32. The second-order valence-corrected chi connectivity index (χ2v) is 6.91. The highest BCUT2D eigenvalue weighted by molar-refractivity contribution is 5.96. The molecule has 2 aromatic heterocycles. The Bertz CT molecular complexity index is 1200. The van der Waals surface area contributed by atoms with Gasteiger partial charge in [-0.05, 0) is 41.5 Å². The minimum atomic E-state index is -0.945. The molecule has 0 atom stereocenters. The van der Waals surface area contributed by atoms with E-state index in [1.54, 1.807) is 19.4 Å². The Hall–Kier alpha value is -3.74. The number of halogens is 2. The third-order valence-electron chi connectivity index (χ3n) is 4.77. The third-order valence-corrected chi connectivity index (χ3v) is 4.77. The number of pyridine rings is 1. The fraction of sp³-hybridized carbons (Fsp3) is 0.130. The molecule has 4 aromatic rings. The van der Waals surface area contributed by atoms with Crippen LogP contribution in [0.15, 0.2) is 67.1 Å². The number of amides is 1. The molecular formula is C23H19F2N3O2. The van der Waals surface area contributed by atoms with E-state index >= 15 is 0 Å². The van der Waals surface area contributed by atoms with Crippen molar-refractivity contribution in [1.82, 2.24) is 14.9 Å². The van der Waals surface area contributed by atoms with E-state index in [-0.39, 0.29) is 18.1 Å². The lowest BCUT2D eigenvalue weighted by atomic mass is 10.2. The summed E-state index contributed by atoms with van der Waals surface area (Å²) in [6, 6.07) is 13.1. The van der Waals surface area contributed by atoms with Crippen molar-refractivity contribution in [2.75, 3.05) is 7.11 Å². The molecule has 0 bridgehead atoms. The van der Waals surface area contributed by atoms with Crippen LogP contribution in [0.3, 0.4) is 0 Å². The Morgan fingerprint density at radius 2 is 1.73 bits per heavy atom. The number of carbonyl (C=O) groups excluding carboxylic acids is 1. The normalized spacial score (nSPS) is 10.9. The molecule has 0 saturated heterocycles. The zero-order valence-corrected chi connectivity index (χ0v) is 16.2. The first-order chi connectivity index (χ1) is 14.5. The van der Waals surface area contributed by atoms with Gasteiger partial charge in [0.05, 0.1) is 7.11 Å². The average Bonchev–Trinajstić information content (AvgIpc) is 3.16. The lowest BCUT2D eigenvalue weighted by Gasteiger charge is -2.05. The van der Waals surface area contributed by atoms with E-state index in [9.17, 15) is 13.6 Å². The molecule has 0 spiro atoms. The summed E-state index contributed by atoms with van der Waals surface area (Å²) < 4.78 is 33.5. The Morgan fingerprint density at radius 3 is 2.47 bits per heavy atom. The minimum absolute atomic E-state index is 0.0776. The van der Waals surface area contributed by atoms with Crippen LogP contribution in [0.2, 0.25) is 0 Å². The molecule has 0 unspecified atom stereocenters. The number of ether oxygens (including phenoxy) is 1. The van der Waals surface area contributed by atoms with Crippen LogP contribution >= 0.6 is 0 Å². The van der Waals surface area contributed by atoms with Crippen LogP contribution in [-0.2, 0) is 13.1 Å². The monoisotopic (exact) mass is 407 g/mol. The number of nitrogens with zero attached hydrogens (tertiary/aromatic N) is 2. The Morgan fingerprint density at radius 1 is 1.00 bits per heavy atom. The van der Waals surface area contributed by atoms with Gasteiger partial charge in [0, 0.05) is 42.5 Å². The van der Waals surface area contributed by atoms with Gasteiger partial charge < -0.3 is 14.6 Å². The van der Waals surface area contributed by atoms with E-state index in [0.717, 1.165) is 34.2 Å². The lowest BCUT2D eigenvalue weighted by molar-refractivity contribution is 0.0946. The number of fused-ring (bicyclic) bond motifs is 1. The molecule has 0 aliphatic heterocycles. The van der Waals surface area contributed by atoms with Crippen molar-refractivity contribution in [3.05, 3.63) is 95.6 Å². The van der Waals surface area contributed by atoms with E-state index in [2.05, 4.69) is 10.3 Å². The number of hydrogen-bond donors (Lipinski definition) is 1. The van der Waals surface area contributed by atoms with Crippen molar-refractivity contribution in [1.29, 1.82) is 0 Å². The molecule has 0 fully saturated rings. The first-order valence-corrected chi connectivity index (χ1v) is 9.32. The maximum Gasteiger partial charge on any atom is 0.270 e. The van der Waals surface area contributed by atoms with Gasteiger partial charge in [-0.25, -0.2) is 8.78 Å². The van der Waals surface area contributed by atoms with E-state index in [4.69, 9.17) is 4.74 Å². The van der Waals surface area contributed by atoms with Gasteiger partial charge in [0.25, 0.3) is 5.91 Å². The van der Waals surface area contributed by atoms with Crippen molar-refractivity contribution in [3.63, 3.8) is 0 Å². The minimum Gasteiger partial charge on any atom is -0.497 e. The van der Waals surface area contributed by atoms with Crippen LogP contribution in [0.5, 0.6) is 5.75 Å². The van der Waals surface area contributed by atoms with Gasteiger partial charge in [-0.3, -0.25) is 9.78 Å². The SMILES string of the molecule is COc1ccc(Cn2cc3cnc(C(=O)NCc4ccc(F)c(F)c4)cc3c2)cc1. The summed E-state index contributed by atoms with van der Waals surface area (Å²) in [7, 11) is 1.63. The molecule has 2 aromatic carbocycles. The number of methoxy groups -OCH3 is 1. The van der Waals surface area contributed by atoms with Crippen molar-refractivity contribution in [2.45, 2.75) is 13.1 Å². The number of benzene rings is 2. The molecule has 0 radical (unpaired) electrons. The highest BCUT2D eigenvalue weighted by Crippen LogP contribution is 2.18. The molecule has 0 aliphatic carbocycles. The summed E-state index contributed by atoms with van der Waals surface area (Å²) in [5, 5.41) is 4.48. The molecule has 0 saturated carbocycles. The van der Waals surface area contributed by atoms with Crippen molar-refractivity contribution in [2.24, 2.45) is 0 Å². The number of rotatable bonds is 6. The molecule has 7 heteroatoms. The van der Waals surface area contributed by atoms with Crippen molar-refractivity contribution < 1.29 is 18.3 Å². The van der Waals surface area contributed by atoms with Gasteiger partial charge in [-0.15, -0.1) is 0 Å². The fourth-order valence-electron chi connectivity index (χ4n) is 3.18. The second-order valence-electron chi connectivity index (χ2n) is 6.91. The van der Waals surface area contributed by atoms with Crippen LogP contribution in [0.25, 0.3) is 10.8 Å². The Balaban J connectivity index is 1.45. The maximum atomic E-state index is 13.3. The third kappa shape index (κ3) is 4.30. The summed E-state index contributed by atoms with van der Waals surface area (Å²) in [5.41, 5.74) is 1.84. The van der Waals surface area contributed by atoms with Crippen LogP contribution in [0.4, 0.5) is 8.78 Å². The van der Waals surface area contributed by atoms with Gasteiger partial charge in [0.15, 0.2) is 11.6 Å². The van der Waals surface area contributed by atoms with Crippen LogP contribution in [0, 0.1) is 11.6 Å². The molecule has 5 nitrogen and oxygen atoms in total. The van der Waals surface area contributed by atoms with Gasteiger partial charge in [-0.2, -0.15) is 0 Å². The predicted octanol–water partition coefficient (Wildman–Crippen LogP) is 4.30. The summed E-state index contributed by atoms with van der Waals surface area (Å²) in [6.07, 6.45) is 5.56. The van der Waals surface area contributed by atoms with E-state index in [0.29, 0.717) is 12.1 Å². The van der Waals surface area contributed by atoms with Gasteiger partial charge in [-0.1, -0.05) is 18.2 Å². The van der Waals surface area contributed by atoms with Crippen molar-refractivity contribution >= 4 is 16.7 Å². The highest BCUT2D eigenvalue weighted by Gasteiger charge is 2.10.